The first-order valence-corrected chi connectivity index (χ1v) is 7.30. The lowest BCUT2D eigenvalue weighted by Gasteiger charge is -2.51. The van der Waals surface area contributed by atoms with Crippen LogP contribution in [0, 0.1) is 5.41 Å². The molecule has 1 saturated carbocycles. The van der Waals surface area contributed by atoms with Gasteiger partial charge in [-0.25, -0.2) is 0 Å². The minimum absolute atomic E-state index is 0.0775. The lowest BCUT2D eigenvalue weighted by atomic mass is 9.64. The molecule has 0 radical (unpaired) electrons. The molecule has 3 N–H and O–H groups in total. The molecule has 114 valence electrons. The Morgan fingerprint density at radius 2 is 2.24 bits per heavy atom. The van der Waals surface area contributed by atoms with Gasteiger partial charge in [0, 0.05) is 25.1 Å². The topological polar surface area (TPSA) is 87.8 Å². The highest BCUT2D eigenvalue weighted by molar-refractivity contribution is 5.87. The normalized spacial score (nSPS) is 23.8. The van der Waals surface area contributed by atoms with Gasteiger partial charge in [0.05, 0.1) is 17.7 Å². The summed E-state index contributed by atoms with van der Waals surface area (Å²) < 4.78 is 5.50. The Labute approximate surface area is 123 Å². The number of aromatic amines is 1. The Balaban J connectivity index is 1.88. The van der Waals surface area contributed by atoms with Gasteiger partial charge in [0.25, 0.3) is 0 Å². The van der Waals surface area contributed by atoms with Crippen molar-refractivity contribution in [2.24, 2.45) is 5.41 Å². The third-order valence-corrected chi connectivity index (χ3v) is 4.42. The fraction of sp³-hybridized carbons (Fsp3) is 0.643. The zero-order valence-corrected chi connectivity index (χ0v) is 12.9. The summed E-state index contributed by atoms with van der Waals surface area (Å²) in [4.78, 5) is 8.97. The van der Waals surface area contributed by atoms with Crippen molar-refractivity contribution in [3.8, 4) is 0 Å². The van der Waals surface area contributed by atoms with Gasteiger partial charge in [-0.05, 0) is 13.3 Å². The van der Waals surface area contributed by atoms with E-state index in [1.165, 1.54) is 0 Å². The minimum atomic E-state index is 0.0775. The molecule has 0 bridgehead atoms. The summed E-state index contributed by atoms with van der Waals surface area (Å²) in [6.45, 7) is 7.22. The van der Waals surface area contributed by atoms with Gasteiger partial charge in [0.15, 0.2) is 5.65 Å². The maximum Gasteiger partial charge on any atom is 0.226 e. The number of anilines is 2. The molecule has 7 heteroatoms. The lowest BCUT2D eigenvalue weighted by Crippen LogP contribution is -2.57. The van der Waals surface area contributed by atoms with E-state index in [0.717, 1.165) is 29.8 Å². The number of ether oxygens (including phenoxy) is 1. The predicted octanol–water partition coefficient (Wildman–Crippen LogP) is 2.01. The van der Waals surface area contributed by atoms with E-state index >= 15 is 0 Å². The van der Waals surface area contributed by atoms with Crippen molar-refractivity contribution in [2.75, 3.05) is 24.3 Å². The van der Waals surface area contributed by atoms with Gasteiger partial charge < -0.3 is 15.4 Å². The molecule has 7 nitrogen and oxygen atoms in total. The van der Waals surface area contributed by atoms with Gasteiger partial charge in [-0.3, -0.25) is 5.10 Å². The van der Waals surface area contributed by atoms with Gasteiger partial charge in [0.2, 0.25) is 5.95 Å². The fourth-order valence-corrected chi connectivity index (χ4v) is 2.88. The number of hydrogen-bond acceptors (Lipinski definition) is 6. The Kier molecular flexibility index (Phi) is 3.44. The zero-order valence-electron chi connectivity index (χ0n) is 12.9. The summed E-state index contributed by atoms with van der Waals surface area (Å²) in [5.74, 6) is 1.43. The third-order valence-electron chi connectivity index (χ3n) is 4.42. The second kappa shape index (κ2) is 5.14. The number of rotatable bonds is 5. The Morgan fingerprint density at radius 1 is 1.43 bits per heavy atom. The zero-order chi connectivity index (χ0) is 15.0. The molecular formula is C14H22N6O. The van der Waals surface area contributed by atoms with E-state index in [2.05, 4.69) is 44.6 Å². The van der Waals surface area contributed by atoms with Crippen LogP contribution in [0.3, 0.4) is 0 Å². The van der Waals surface area contributed by atoms with Gasteiger partial charge in [-0.2, -0.15) is 15.1 Å². The highest BCUT2D eigenvalue weighted by atomic mass is 16.5. The van der Waals surface area contributed by atoms with Gasteiger partial charge >= 0.3 is 0 Å². The van der Waals surface area contributed by atoms with Crippen molar-refractivity contribution in [3.63, 3.8) is 0 Å². The van der Waals surface area contributed by atoms with Crippen molar-refractivity contribution in [1.29, 1.82) is 0 Å². The van der Waals surface area contributed by atoms with Crippen molar-refractivity contribution in [2.45, 2.75) is 39.3 Å². The van der Waals surface area contributed by atoms with Crippen molar-refractivity contribution in [1.82, 2.24) is 20.2 Å². The van der Waals surface area contributed by atoms with Gasteiger partial charge in [-0.1, -0.05) is 13.8 Å². The molecule has 2 aromatic heterocycles. The number of hydrogen-bond donors (Lipinski definition) is 3. The summed E-state index contributed by atoms with van der Waals surface area (Å²) in [5.41, 5.74) is 0.817. The summed E-state index contributed by atoms with van der Waals surface area (Å²) in [5, 5.41) is 14.6. The van der Waals surface area contributed by atoms with Crippen LogP contribution in [0.1, 0.15) is 27.2 Å². The Bertz CT molecular complexity index is 637. The van der Waals surface area contributed by atoms with E-state index < -0.39 is 0 Å². The van der Waals surface area contributed by atoms with Crippen LogP contribution in [0.2, 0.25) is 0 Å². The van der Waals surface area contributed by atoms with E-state index in [0.29, 0.717) is 12.0 Å². The van der Waals surface area contributed by atoms with Crippen molar-refractivity contribution in [3.05, 3.63) is 6.20 Å². The first-order valence-electron chi connectivity index (χ1n) is 7.30. The molecule has 3 rings (SSSR count). The van der Waals surface area contributed by atoms with E-state index in [1.54, 1.807) is 13.3 Å². The van der Waals surface area contributed by atoms with Crippen molar-refractivity contribution >= 4 is 22.8 Å². The molecule has 0 spiro atoms. The number of aromatic nitrogens is 4. The summed E-state index contributed by atoms with van der Waals surface area (Å²) in [6.07, 6.45) is 3.01. The molecule has 0 saturated heterocycles. The second-order valence-electron chi connectivity index (χ2n) is 6.04. The summed E-state index contributed by atoms with van der Waals surface area (Å²) in [6, 6.07) is 0.324. The number of methoxy groups -OCH3 is 1. The van der Waals surface area contributed by atoms with E-state index in [4.69, 9.17) is 4.74 Å². The number of nitrogens with zero attached hydrogens (tertiary/aromatic N) is 3. The Morgan fingerprint density at radius 3 is 2.90 bits per heavy atom. The number of nitrogens with one attached hydrogen (secondary N) is 3. The minimum Gasteiger partial charge on any atom is -0.381 e. The molecule has 0 aliphatic heterocycles. The quantitative estimate of drug-likeness (QED) is 0.780. The fourth-order valence-electron chi connectivity index (χ4n) is 2.88. The first-order chi connectivity index (χ1) is 10.1. The molecule has 2 heterocycles. The highest BCUT2D eigenvalue weighted by Gasteiger charge is 2.48. The van der Waals surface area contributed by atoms with Crippen LogP contribution in [-0.4, -0.2) is 46.0 Å². The third kappa shape index (κ3) is 2.31. The van der Waals surface area contributed by atoms with Crippen LogP contribution in [0.15, 0.2) is 6.20 Å². The first kappa shape index (κ1) is 14.1. The monoisotopic (exact) mass is 290 g/mol. The molecule has 2 aromatic rings. The average Bonchev–Trinajstić information content (AvgIpc) is 2.91. The lowest BCUT2D eigenvalue weighted by molar-refractivity contribution is -0.0795. The molecule has 1 fully saturated rings. The van der Waals surface area contributed by atoms with Crippen LogP contribution in [0.4, 0.5) is 11.8 Å². The van der Waals surface area contributed by atoms with E-state index in [1.807, 2.05) is 6.92 Å². The van der Waals surface area contributed by atoms with Gasteiger partial charge in [0.1, 0.15) is 5.82 Å². The number of fused-ring (bicyclic) bond motifs is 1. The smallest absolute Gasteiger partial charge is 0.226 e. The standard InChI is InChI=1S/C14H22N6O/c1-5-15-13-18-11(8-7-16-20-12(8)19-13)17-9-6-10(21-4)14(9,2)3/h7,9-10H,5-6H2,1-4H3,(H3,15,16,17,18,19,20). The van der Waals surface area contributed by atoms with Crippen LogP contribution < -0.4 is 10.6 Å². The summed E-state index contributed by atoms with van der Waals surface area (Å²) >= 11 is 0. The molecule has 2 atom stereocenters. The molecular weight excluding hydrogens is 268 g/mol. The molecule has 0 aromatic carbocycles. The van der Waals surface area contributed by atoms with Crippen molar-refractivity contribution < 1.29 is 4.74 Å². The molecule has 1 aliphatic carbocycles. The van der Waals surface area contributed by atoms with Crippen LogP contribution in [0.5, 0.6) is 0 Å². The SMILES string of the molecule is CCNc1nc(NC2CC(OC)C2(C)C)c2cn[nH]c2n1. The maximum absolute atomic E-state index is 5.50. The van der Waals surface area contributed by atoms with E-state index in [9.17, 15) is 0 Å². The molecule has 1 aliphatic rings. The molecule has 0 amide bonds. The average molecular weight is 290 g/mol. The second-order valence-corrected chi connectivity index (χ2v) is 6.04. The number of H-pyrrole nitrogens is 1. The van der Waals surface area contributed by atoms with Crippen LogP contribution >= 0.6 is 0 Å². The Hall–Kier alpha value is -1.89. The van der Waals surface area contributed by atoms with Crippen LogP contribution in [0.25, 0.3) is 11.0 Å². The van der Waals surface area contributed by atoms with Gasteiger partial charge in [-0.15, -0.1) is 0 Å². The maximum atomic E-state index is 5.50. The van der Waals surface area contributed by atoms with Crippen LogP contribution in [-0.2, 0) is 4.74 Å². The largest absolute Gasteiger partial charge is 0.381 e. The predicted molar refractivity (Wildman–Crippen MR) is 82.5 cm³/mol. The summed E-state index contributed by atoms with van der Waals surface area (Å²) in [7, 11) is 1.77. The molecule has 21 heavy (non-hydrogen) atoms. The van der Waals surface area contributed by atoms with E-state index in [-0.39, 0.29) is 11.5 Å². The molecule has 2 unspecified atom stereocenters. The highest BCUT2D eigenvalue weighted by Crippen LogP contribution is 2.44.